The highest BCUT2D eigenvalue weighted by Gasteiger charge is 2.26. The van der Waals surface area contributed by atoms with Crippen LogP contribution in [0.25, 0.3) is 0 Å². The molecule has 2 aromatic carbocycles. The van der Waals surface area contributed by atoms with Gasteiger partial charge in [0, 0.05) is 12.3 Å². The van der Waals surface area contributed by atoms with Gasteiger partial charge in [0.25, 0.3) is 0 Å². The molecule has 3 nitrogen and oxygen atoms in total. The summed E-state index contributed by atoms with van der Waals surface area (Å²) in [7, 11) is 0. The number of ketones is 1. The maximum Gasteiger partial charge on any atom is 0.303 e. The SMILES string of the molecule is O=C(O)CCC(=O)C1Cc2ccccc2CCc2ccccc21. The molecule has 0 bridgehead atoms. The molecule has 0 fully saturated rings. The zero-order chi connectivity index (χ0) is 16.2. The van der Waals surface area contributed by atoms with Crippen molar-refractivity contribution in [2.24, 2.45) is 0 Å². The van der Waals surface area contributed by atoms with Gasteiger partial charge < -0.3 is 5.11 Å². The van der Waals surface area contributed by atoms with Crippen molar-refractivity contribution < 1.29 is 14.7 Å². The topological polar surface area (TPSA) is 54.4 Å². The Morgan fingerprint density at radius 2 is 1.48 bits per heavy atom. The van der Waals surface area contributed by atoms with Crippen molar-refractivity contribution in [3.63, 3.8) is 0 Å². The molecule has 0 aromatic heterocycles. The summed E-state index contributed by atoms with van der Waals surface area (Å²) >= 11 is 0. The van der Waals surface area contributed by atoms with Gasteiger partial charge in [0.1, 0.15) is 5.78 Å². The Morgan fingerprint density at radius 1 is 0.870 bits per heavy atom. The molecule has 0 spiro atoms. The first-order valence-electron chi connectivity index (χ1n) is 8.04. The Labute approximate surface area is 136 Å². The summed E-state index contributed by atoms with van der Waals surface area (Å²) in [5, 5.41) is 8.86. The fourth-order valence-electron chi connectivity index (χ4n) is 3.39. The van der Waals surface area contributed by atoms with Gasteiger partial charge >= 0.3 is 5.97 Å². The van der Waals surface area contributed by atoms with E-state index in [9.17, 15) is 9.59 Å². The molecule has 0 heterocycles. The van der Waals surface area contributed by atoms with E-state index in [1.165, 1.54) is 16.7 Å². The molecule has 0 amide bonds. The van der Waals surface area contributed by atoms with Crippen molar-refractivity contribution in [2.75, 3.05) is 0 Å². The van der Waals surface area contributed by atoms with Crippen LogP contribution in [0.15, 0.2) is 48.5 Å². The maximum atomic E-state index is 12.7. The number of carbonyl (C=O) groups excluding carboxylic acids is 1. The van der Waals surface area contributed by atoms with Gasteiger partial charge in [0.15, 0.2) is 0 Å². The predicted octanol–water partition coefficient (Wildman–Crippen LogP) is 3.55. The van der Waals surface area contributed by atoms with Crippen molar-refractivity contribution >= 4 is 11.8 Å². The first kappa shape index (κ1) is 15.5. The fourth-order valence-corrected chi connectivity index (χ4v) is 3.39. The second-order valence-corrected chi connectivity index (χ2v) is 6.08. The number of carboxylic acid groups (broad SMARTS) is 1. The molecule has 1 unspecified atom stereocenters. The van der Waals surface area contributed by atoms with E-state index in [0.29, 0.717) is 6.42 Å². The molecular formula is C20H20O3. The van der Waals surface area contributed by atoms with Gasteiger partial charge in [-0.2, -0.15) is 0 Å². The maximum absolute atomic E-state index is 12.7. The van der Waals surface area contributed by atoms with Crippen molar-refractivity contribution in [1.29, 1.82) is 0 Å². The summed E-state index contributed by atoms with van der Waals surface area (Å²) in [4.78, 5) is 23.5. The average molecular weight is 308 g/mol. The largest absolute Gasteiger partial charge is 0.481 e. The first-order valence-corrected chi connectivity index (χ1v) is 8.04. The highest BCUT2D eigenvalue weighted by Crippen LogP contribution is 2.31. The van der Waals surface area contributed by atoms with E-state index in [0.717, 1.165) is 18.4 Å². The van der Waals surface area contributed by atoms with E-state index in [1.807, 2.05) is 30.3 Å². The van der Waals surface area contributed by atoms with Crippen LogP contribution in [-0.2, 0) is 28.9 Å². The van der Waals surface area contributed by atoms with Crippen LogP contribution < -0.4 is 0 Å². The quantitative estimate of drug-likeness (QED) is 0.940. The molecule has 0 saturated heterocycles. The number of fused-ring (bicyclic) bond motifs is 2. The van der Waals surface area contributed by atoms with Gasteiger partial charge in [0.2, 0.25) is 0 Å². The summed E-state index contributed by atoms with van der Waals surface area (Å²) in [6.07, 6.45) is 2.54. The van der Waals surface area contributed by atoms with Crippen LogP contribution in [-0.4, -0.2) is 16.9 Å². The summed E-state index contributed by atoms with van der Waals surface area (Å²) < 4.78 is 0. The van der Waals surface area contributed by atoms with Crippen molar-refractivity contribution in [3.05, 3.63) is 70.8 Å². The minimum absolute atomic E-state index is 0.0246. The molecule has 1 aliphatic rings. The molecule has 118 valence electrons. The highest BCUT2D eigenvalue weighted by molar-refractivity contribution is 5.88. The van der Waals surface area contributed by atoms with Gasteiger partial charge in [-0.1, -0.05) is 48.5 Å². The molecule has 3 rings (SSSR count). The molecule has 23 heavy (non-hydrogen) atoms. The fraction of sp³-hybridized carbons (Fsp3) is 0.300. The van der Waals surface area contributed by atoms with Crippen LogP contribution in [0.2, 0.25) is 0 Å². The molecular weight excluding hydrogens is 288 g/mol. The second kappa shape index (κ2) is 6.78. The molecule has 2 aromatic rings. The third kappa shape index (κ3) is 3.50. The van der Waals surface area contributed by atoms with Crippen LogP contribution in [0, 0.1) is 0 Å². The van der Waals surface area contributed by atoms with Crippen LogP contribution in [0.5, 0.6) is 0 Å². The van der Waals surface area contributed by atoms with Crippen molar-refractivity contribution in [3.8, 4) is 0 Å². The third-order valence-corrected chi connectivity index (χ3v) is 4.61. The highest BCUT2D eigenvalue weighted by atomic mass is 16.4. The van der Waals surface area contributed by atoms with E-state index in [-0.39, 0.29) is 24.5 Å². The molecule has 1 N–H and O–H groups in total. The lowest BCUT2D eigenvalue weighted by atomic mass is 9.79. The summed E-state index contributed by atoms with van der Waals surface area (Å²) in [5.74, 6) is -1.14. The lowest BCUT2D eigenvalue weighted by molar-refractivity contribution is -0.138. The second-order valence-electron chi connectivity index (χ2n) is 6.08. The molecule has 0 radical (unpaired) electrons. The number of rotatable bonds is 4. The van der Waals surface area contributed by atoms with Crippen molar-refractivity contribution in [2.45, 2.75) is 38.0 Å². The van der Waals surface area contributed by atoms with Gasteiger partial charge in [-0.3, -0.25) is 9.59 Å². The Hall–Kier alpha value is -2.42. The number of hydrogen-bond acceptors (Lipinski definition) is 2. The van der Waals surface area contributed by atoms with E-state index >= 15 is 0 Å². The molecule has 1 aliphatic carbocycles. The van der Waals surface area contributed by atoms with Crippen LogP contribution >= 0.6 is 0 Å². The normalized spacial score (nSPS) is 16.6. The van der Waals surface area contributed by atoms with Gasteiger partial charge in [-0.15, -0.1) is 0 Å². The number of aliphatic carboxylic acids is 1. The zero-order valence-corrected chi connectivity index (χ0v) is 13.0. The number of carboxylic acids is 1. The molecule has 1 atom stereocenters. The van der Waals surface area contributed by atoms with Gasteiger partial charge in [-0.25, -0.2) is 0 Å². The molecule has 3 heteroatoms. The average Bonchev–Trinajstić information content (AvgIpc) is 2.55. The predicted molar refractivity (Wildman–Crippen MR) is 88.6 cm³/mol. The number of carbonyl (C=O) groups is 2. The smallest absolute Gasteiger partial charge is 0.303 e. The number of Topliss-reactive ketones (excluding diaryl/α,β-unsaturated/α-hetero) is 1. The summed E-state index contributed by atoms with van der Waals surface area (Å²) in [6.45, 7) is 0. The Morgan fingerprint density at radius 3 is 2.22 bits per heavy atom. The van der Waals surface area contributed by atoms with Crippen molar-refractivity contribution in [1.82, 2.24) is 0 Å². The van der Waals surface area contributed by atoms with Crippen LogP contribution in [0.4, 0.5) is 0 Å². The third-order valence-electron chi connectivity index (χ3n) is 4.61. The molecule has 0 saturated carbocycles. The summed E-state index contributed by atoms with van der Waals surface area (Å²) in [6, 6.07) is 16.3. The van der Waals surface area contributed by atoms with Crippen LogP contribution in [0.1, 0.15) is 41.0 Å². The minimum atomic E-state index is -0.919. The zero-order valence-electron chi connectivity index (χ0n) is 13.0. The van der Waals surface area contributed by atoms with E-state index in [4.69, 9.17) is 5.11 Å². The molecule has 0 aliphatic heterocycles. The monoisotopic (exact) mass is 308 g/mol. The van der Waals surface area contributed by atoms with Gasteiger partial charge in [-0.05, 0) is 41.5 Å². The summed E-state index contributed by atoms with van der Waals surface area (Å²) in [5.41, 5.74) is 4.77. The van der Waals surface area contributed by atoms with E-state index < -0.39 is 5.97 Å². The Balaban J connectivity index is 1.96. The number of aryl methyl sites for hydroxylation is 2. The van der Waals surface area contributed by atoms with E-state index in [2.05, 4.69) is 18.2 Å². The van der Waals surface area contributed by atoms with Crippen LogP contribution in [0.3, 0.4) is 0 Å². The van der Waals surface area contributed by atoms with Gasteiger partial charge in [0.05, 0.1) is 6.42 Å². The number of benzene rings is 2. The van der Waals surface area contributed by atoms with E-state index in [1.54, 1.807) is 0 Å². The number of hydrogen-bond donors (Lipinski definition) is 1. The Bertz CT molecular complexity index is 733. The lowest BCUT2D eigenvalue weighted by Gasteiger charge is -2.24. The first-order chi connectivity index (χ1) is 11.1. The Kier molecular flexibility index (Phi) is 4.56. The standard InChI is InChI=1S/C20H20O3/c21-19(11-12-20(22)23)18-13-16-7-2-1-5-14(16)9-10-15-6-3-4-8-17(15)18/h1-8,18H,9-13H2,(H,22,23). The minimum Gasteiger partial charge on any atom is -0.481 e. The lowest BCUT2D eigenvalue weighted by Crippen LogP contribution is -2.20.